The van der Waals surface area contributed by atoms with E-state index in [0.717, 1.165) is 19.1 Å². The maximum atomic E-state index is 12.5. The van der Waals surface area contributed by atoms with Gasteiger partial charge < -0.3 is 5.11 Å². The van der Waals surface area contributed by atoms with E-state index in [1.165, 1.54) is 0 Å². The number of alkyl halides is 3. The molecule has 82 valence electrons. The van der Waals surface area contributed by atoms with Gasteiger partial charge in [-0.3, -0.25) is 0 Å². The zero-order chi connectivity index (χ0) is 11.8. The van der Waals surface area contributed by atoms with Gasteiger partial charge in [-0.1, -0.05) is 11.6 Å². The predicted molar refractivity (Wildman–Crippen MR) is 48.2 cm³/mol. The summed E-state index contributed by atoms with van der Waals surface area (Å²) < 4.78 is 37.4. The van der Waals surface area contributed by atoms with Crippen molar-refractivity contribution in [3.05, 3.63) is 33.8 Å². The fourth-order valence-electron chi connectivity index (χ4n) is 1.26. The van der Waals surface area contributed by atoms with Crippen LogP contribution in [-0.4, -0.2) is 11.1 Å². The Balaban J connectivity index is 3.51. The first-order valence-corrected chi connectivity index (χ1v) is 4.22. The van der Waals surface area contributed by atoms with Crippen molar-refractivity contribution in [3.8, 4) is 0 Å². The molecule has 1 N–H and O–H groups in total. The smallest absolute Gasteiger partial charge is 0.418 e. The molecule has 0 aliphatic carbocycles. The average Bonchev–Trinajstić information content (AvgIpc) is 2.00. The molecule has 0 unspecified atom stereocenters. The molecule has 0 radical (unpaired) electrons. The van der Waals surface area contributed by atoms with Gasteiger partial charge in [-0.05, 0) is 24.6 Å². The van der Waals surface area contributed by atoms with E-state index < -0.39 is 28.3 Å². The fourth-order valence-corrected chi connectivity index (χ4v) is 1.57. The van der Waals surface area contributed by atoms with Crippen molar-refractivity contribution in [1.82, 2.24) is 0 Å². The highest BCUT2D eigenvalue weighted by Gasteiger charge is 2.36. The third-order valence-corrected chi connectivity index (χ3v) is 2.24. The lowest BCUT2D eigenvalue weighted by Gasteiger charge is -2.13. The SMILES string of the molecule is Cc1c(C(=O)O)ccc(Cl)c1C(F)(F)F. The Morgan fingerprint density at radius 2 is 1.93 bits per heavy atom. The second-order valence-electron chi connectivity index (χ2n) is 2.90. The Bertz CT molecular complexity index is 413. The van der Waals surface area contributed by atoms with E-state index in [2.05, 4.69) is 0 Å². The van der Waals surface area contributed by atoms with Gasteiger partial charge in [0.25, 0.3) is 0 Å². The summed E-state index contributed by atoms with van der Waals surface area (Å²) in [4.78, 5) is 10.6. The zero-order valence-corrected chi connectivity index (χ0v) is 8.28. The number of aromatic carboxylic acids is 1. The van der Waals surface area contributed by atoms with Crippen LogP contribution < -0.4 is 0 Å². The average molecular weight is 239 g/mol. The number of hydrogen-bond donors (Lipinski definition) is 1. The normalized spacial score (nSPS) is 11.5. The van der Waals surface area contributed by atoms with E-state index in [-0.39, 0.29) is 5.56 Å². The van der Waals surface area contributed by atoms with Crippen molar-refractivity contribution in [3.63, 3.8) is 0 Å². The summed E-state index contributed by atoms with van der Waals surface area (Å²) in [6, 6.07) is 1.98. The third kappa shape index (κ3) is 2.23. The molecule has 0 aromatic heterocycles. The van der Waals surface area contributed by atoms with Crippen LogP contribution in [0.15, 0.2) is 12.1 Å². The number of carbonyl (C=O) groups is 1. The van der Waals surface area contributed by atoms with Crippen molar-refractivity contribution >= 4 is 17.6 Å². The maximum absolute atomic E-state index is 12.5. The molecule has 2 nitrogen and oxygen atoms in total. The Labute approximate surface area is 88.3 Å². The van der Waals surface area contributed by atoms with Gasteiger partial charge in [0.05, 0.1) is 16.1 Å². The molecule has 0 amide bonds. The molecular weight excluding hydrogens is 233 g/mol. The van der Waals surface area contributed by atoms with Gasteiger partial charge in [-0.15, -0.1) is 0 Å². The highest BCUT2D eigenvalue weighted by atomic mass is 35.5. The number of hydrogen-bond acceptors (Lipinski definition) is 1. The molecule has 0 fully saturated rings. The van der Waals surface area contributed by atoms with Crippen LogP contribution in [-0.2, 0) is 6.18 Å². The van der Waals surface area contributed by atoms with E-state index in [1.54, 1.807) is 0 Å². The zero-order valence-electron chi connectivity index (χ0n) is 7.52. The summed E-state index contributed by atoms with van der Waals surface area (Å²) in [7, 11) is 0. The van der Waals surface area contributed by atoms with Crippen molar-refractivity contribution < 1.29 is 23.1 Å². The molecule has 0 saturated heterocycles. The fraction of sp³-hybridized carbons (Fsp3) is 0.222. The highest BCUT2D eigenvalue weighted by Crippen LogP contribution is 2.38. The lowest BCUT2D eigenvalue weighted by Crippen LogP contribution is -2.12. The molecule has 1 rings (SSSR count). The van der Waals surface area contributed by atoms with Crippen LogP contribution >= 0.6 is 11.6 Å². The Morgan fingerprint density at radius 3 is 2.33 bits per heavy atom. The number of carboxylic acids is 1. The molecular formula is C9H6ClF3O2. The summed E-state index contributed by atoms with van der Waals surface area (Å²) in [5, 5.41) is 8.14. The van der Waals surface area contributed by atoms with Crippen molar-refractivity contribution in [1.29, 1.82) is 0 Å². The lowest BCUT2D eigenvalue weighted by atomic mass is 10.0. The summed E-state index contributed by atoms with van der Waals surface area (Å²) >= 11 is 5.38. The topological polar surface area (TPSA) is 37.3 Å². The summed E-state index contributed by atoms with van der Waals surface area (Å²) in [5.74, 6) is -1.41. The number of halogens is 4. The molecule has 0 aliphatic heterocycles. The van der Waals surface area contributed by atoms with Crippen molar-refractivity contribution in [2.75, 3.05) is 0 Å². The number of rotatable bonds is 1. The molecule has 15 heavy (non-hydrogen) atoms. The molecule has 0 heterocycles. The predicted octanol–water partition coefficient (Wildman–Crippen LogP) is 3.37. The standard InChI is InChI=1S/C9H6ClF3O2/c1-4-5(8(14)15)2-3-6(10)7(4)9(11,12)13/h2-3H,1H3,(H,14,15). The minimum Gasteiger partial charge on any atom is -0.478 e. The van der Waals surface area contributed by atoms with Gasteiger partial charge in [0.2, 0.25) is 0 Å². The van der Waals surface area contributed by atoms with E-state index in [9.17, 15) is 18.0 Å². The van der Waals surface area contributed by atoms with E-state index in [4.69, 9.17) is 16.7 Å². The van der Waals surface area contributed by atoms with Crippen LogP contribution in [0.25, 0.3) is 0 Å². The quantitative estimate of drug-likeness (QED) is 0.815. The Morgan fingerprint density at radius 1 is 1.40 bits per heavy atom. The molecule has 0 aliphatic rings. The van der Waals surface area contributed by atoms with E-state index in [0.29, 0.717) is 0 Å². The summed E-state index contributed by atoms with van der Waals surface area (Å²) in [6.07, 6.45) is -4.65. The largest absolute Gasteiger partial charge is 0.478 e. The molecule has 1 aromatic carbocycles. The monoisotopic (exact) mass is 238 g/mol. The van der Waals surface area contributed by atoms with Gasteiger partial charge in [0.1, 0.15) is 0 Å². The molecule has 6 heteroatoms. The second-order valence-corrected chi connectivity index (χ2v) is 3.31. The van der Waals surface area contributed by atoms with Crippen LogP contribution in [0.3, 0.4) is 0 Å². The number of benzene rings is 1. The van der Waals surface area contributed by atoms with Gasteiger partial charge in [0, 0.05) is 0 Å². The molecule has 0 atom stereocenters. The van der Waals surface area contributed by atoms with Gasteiger partial charge in [0.15, 0.2) is 0 Å². The number of carboxylic acid groups (broad SMARTS) is 1. The van der Waals surface area contributed by atoms with Crippen LogP contribution in [0.4, 0.5) is 13.2 Å². The Hall–Kier alpha value is -1.23. The molecule has 0 bridgehead atoms. The second kappa shape index (κ2) is 3.73. The molecule has 0 spiro atoms. The minimum atomic E-state index is -4.65. The lowest BCUT2D eigenvalue weighted by molar-refractivity contribution is -0.137. The first-order valence-electron chi connectivity index (χ1n) is 3.84. The van der Waals surface area contributed by atoms with Crippen LogP contribution in [0, 0.1) is 6.92 Å². The maximum Gasteiger partial charge on any atom is 0.418 e. The van der Waals surface area contributed by atoms with Crippen LogP contribution in [0.1, 0.15) is 21.5 Å². The minimum absolute atomic E-state index is 0.373. The molecule has 0 saturated carbocycles. The third-order valence-electron chi connectivity index (χ3n) is 1.93. The summed E-state index contributed by atoms with van der Waals surface area (Å²) in [6.45, 7) is 1.08. The van der Waals surface area contributed by atoms with E-state index >= 15 is 0 Å². The van der Waals surface area contributed by atoms with Gasteiger partial charge in [-0.2, -0.15) is 13.2 Å². The first kappa shape index (κ1) is 11.8. The van der Waals surface area contributed by atoms with Gasteiger partial charge in [-0.25, -0.2) is 4.79 Å². The van der Waals surface area contributed by atoms with Crippen LogP contribution in [0.2, 0.25) is 5.02 Å². The van der Waals surface area contributed by atoms with Gasteiger partial charge >= 0.3 is 12.1 Å². The molecule has 1 aromatic rings. The van der Waals surface area contributed by atoms with E-state index in [1.807, 2.05) is 0 Å². The first-order chi connectivity index (χ1) is 6.75. The Kier molecular flexibility index (Phi) is 2.95. The van der Waals surface area contributed by atoms with Crippen molar-refractivity contribution in [2.24, 2.45) is 0 Å². The highest BCUT2D eigenvalue weighted by molar-refractivity contribution is 6.31. The van der Waals surface area contributed by atoms with Crippen LogP contribution in [0.5, 0.6) is 0 Å². The van der Waals surface area contributed by atoms with Crippen molar-refractivity contribution in [2.45, 2.75) is 13.1 Å². The summed E-state index contributed by atoms with van der Waals surface area (Å²) in [5.41, 5.74) is -1.86.